The van der Waals surface area contributed by atoms with Crippen molar-refractivity contribution in [2.24, 2.45) is 0 Å². The van der Waals surface area contributed by atoms with Crippen molar-refractivity contribution in [1.29, 1.82) is 0 Å². The molecule has 0 bridgehead atoms. The largest absolute Gasteiger partial charge is 0.486 e. The summed E-state index contributed by atoms with van der Waals surface area (Å²) in [5.41, 5.74) is 1.19. The minimum atomic E-state index is -0.329. The topological polar surface area (TPSA) is 90.0 Å². The van der Waals surface area contributed by atoms with Gasteiger partial charge < -0.3 is 24.4 Å². The number of ether oxygens (including phenoxy) is 3. The van der Waals surface area contributed by atoms with Crippen LogP contribution in [-0.2, 0) is 4.74 Å². The molecule has 0 aliphatic carbocycles. The molecule has 8 nitrogen and oxygen atoms in total. The van der Waals surface area contributed by atoms with Gasteiger partial charge in [0, 0.05) is 36.6 Å². The first-order valence-corrected chi connectivity index (χ1v) is 8.75. The average molecular weight is 369 g/mol. The van der Waals surface area contributed by atoms with Crippen molar-refractivity contribution in [3.63, 3.8) is 0 Å². The average Bonchev–Trinajstić information content (AvgIpc) is 2.74. The number of morpholine rings is 1. The van der Waals surface area contributed by atoms with E-state index < -0.39 is 0 Å². The molecule has 1 fully saturated rings. The molecule has 2 amide bonds. The van der Waals surface area contributed by atoms with Gasteiger partial charge >= 0.3 is 0 Å². The molecule has 2 aliphatic heterocycles. The van der Waals surface area contributed by atoms with E-state index in [2.05, 4.69) is 10.3 Å². The molecule has 0 saturated carbocycles. The van der Waals surface area contributed by atoms with E-state index in [9.17, 15) is 9.59 Å². The maximum Gasteiger partial charge on any atom is 0.272 e. The number of benzene rings is 1. The van der Waals surface area contributed by atoms with Crippen molar-refractivity contribution in [2.75, 3.05) is 44.8 Å². The molecule has 2 aliphatic rings. The third-order valence-corrected chi connectivity index (χ3v) is 4.34. The summed E-state index contributed by atoms with van der Waals surface area (Å²) >= 11 is 0. The van der Waals surface area contributed by atoms with Gasteiger partial charge in [-0.1, -0.05) is 0 Å². The molecule has 1 saturated heterocycles. The highest BCUT2D eigenvalue weighted by Gasteiger charge is 2.21. The van der Waals surface area contributed by atoms with E-state index in [1.54, 1.807) is 29.2 Å². The van der Waals surface area contributed by atoms with Crippen LogP contribution in [0.2, 0.25) is 0 Å². The Morgan fingerprint density at radius 2 is 1.74 bits per heavy atom. The molecule has 1 N–H and O–H groups in total. The lowest BCUT2D eigenvalue weighted by atomic mass is 10.2. The Kier molecular flexibility index (Phi) is 4.88. The smallest absolute Gasteiger partial charge is 0.272 e. The maximum absolute atomic E-state index is 12.6. The Balaban J connectivity index is 1.48. The highest BCUT2D eigenvalue weighted by molar-refractivity contribution is 6.05. The maximum atomic E-state index is 12.6. The molecule has 8 heteroatoms. The summed E-state index contributed by atoms with van der Waals surface area (Å²) < 4.78 is 16.2. The number of carbonyl (C=O) groups excluding carboxylic acids is 2. The second-order valence-corrected chi connectivity index (χ2v) is 6.15. The lowest BCUT2D eigenvalue weighted by Gasteiger charge is -2.26. The Bertz CT molecular complexity index is 864. The molecule has 0 spiro atoms. The van der Waals surface area contributed by atoms with Crippen LogP contribution < -0.4 is 14.8 Å². The van der Waals surface area contributed by atoms with E-state index in [4.69, 9.17) is 14.2 Å². The summed E-state index contributed by atoms with van der Waals surface area (Å²) in [5.74, 6) is 0.718. The monoisotopic (exact) mass is 369 g/mol. The summed E-state index contributed by atoms with van der Waals surface area (Å²) in [6, 6.07) is 8.29. The Morgan fingerprint density at radius 3 is 2.56 bits per heavy atom. The number of amides is 2. The van der Waals surface area contributed by atoms with E-state index in [0.717, 1.165) is 0 Å². The molecule has 2 aromatic rings. The number of fused-ring (bicyclic) bond motifs is 1. The van der Waals surface area contributed by atoms with Gasteiger partial charge in [-0.2, -0.15) is 0 Å². The van der Waals surface area contributed by atoms with E-state index in [1.165, 1.54) is 12.3 Å². The van der Waals surface area contributed by atoms with Crippen LogP contribution in [0.15, 0.2) is 36.5 Å². The van der Waals surface area contributed by atoms with Gasteiger partial charge in [-0.05, 0) is 24.3 Å². The zero-order chi connectivity index (χ0) is 18.6. The van der Waals surface area contributed by atoms with Crippen molar-refractivity contribution in [3.05, 3.63) is 47.8 Å². The number of rotatable bonds is 3. The van der Waals surface area contributed by atoms with Gasteiger partial charge in [0.25, 0.3) is 11.8 Å². The fourth-order valence-electron chi connectivity index (χ4n) is 2.94. The fourth-order valence-corrected chi connectivity index (χ4v) is 2.94. The van der Waals surface area contributed by atoms with Crippen molar-refractivity contribution in [3.8, 4) is 11.5 Å². The Morgan fingerprint density at radius 1 is 0.963 bits per heavy atom. The lowest BCUT2D eigenvalue weighted by Crippen LogP contribution is -2.41. The predicted molar refractivity (Wildman–Crippen MR) is 96.3 cm³/mol. The van der Waals surface area contributed by atoms with E-state index in [-0.39, 0.29) is 17.5 Å². The van der Waals surface area contributed by atoms with Gasteiger partial charge in [-0.25, -0.2) is 0 Å². The first kappa shape index (κ1) is 17.3. The summed E-state index contributed by atoms with van der Waals surface area (Å²) in [7, 11) is 0. The second-order valence-electron chi connectivity index (χ2n) is 6.15. The number of nitrogens with zero attached hydrogens (tertiary/aromatic N) is 2. The minimum absolute atomic E-state index is 0.202. The molecule has 1 aromatic carbocycles. The molecule has 0 unspecified atom stereocenters. The molecular formula is C19H19N3O5. The lowest BCUT2D eigenvalue weighted by molar-refractivity contribution is 0.0299. The first-order chi connectivity index (χ1) is 13.2. The van der Waals surface area contributed by atoms with Crippen LogP contribution in [0.3, 0.4) is 0 Å². The van der Waals surface area contributed by atoms with E-state index in [0.29, 0.717) is 62.3 Å². The standard InChI is InChI=1S/C19H19N3O5/c23-18(21-14-1-2-16-17(12-14)27-10-9-26-16)13-3-4-20-15(11-13)19(24)22-5-7-25-8-6-22/h1-4,11-12H,5-10H2,(H,21,23). The van der Waals surface area contributed by atoms with Crippen LogP contribution in [0, 0.1) is 0 Å². The second kappa shape index (κ2) is 7.63. The molecule has 4 rings (SSSR count). The van der Waals surface area contributed by atoms with Crippen LogP contribution in [-0.4, -0.2) is 61.2 Å². The Hall–Kier alpha value is -3.13. The molecular weight excluding hydrogens is 350 g/mol. The third kappa shape index (κ3) is 3.85. The highest BCUT2D eigenvalue weighted by atomic mass is 16.6. The SMILES string of the molecule is O=C(Nc1ccc2c(c1)OCCO2)c1ccnc(C(=O)N2CCOCC2)c1. The zero-order valence-corrected chi connectivity index (χ0v) is 14.6. The molecule has 3 heterocycles. The summed E-state index contributed by atoms with van der Waals surface area (Å²) in [6.07, 6.45) is 1.46. The number of aromatic nitrogens is 1. The van der Waals surface area contributed by atoms with Gasteiger partial charge in [0.1, 0.15) is 18.9 Å². The van der Waals surface area contributed by atoms with Crippen LogP contribution >= 0.6 is 0 Å². The first-order valence-electron chi connectivity index (χ1n) is 8.75. The highest BCUT2D eigenvalue weighted by Crippen LogP contribution is 2.32. The van der Waals surface area contributed by atoms with Crippen molar-refractivity contribution in [2.45, 2.75) is 0 Å². The Labute approximate surface area is 156 Å². The molecule has 140 valence electrons. The minimum Gasteiger partial charge on any atom is -0.486 e. The molecule has 1 aromatic heterocycles. The van der Waals surface area contributed by atoms with Crippen LogP contribution in [0.4, 0.5) is 5.69 Å². The van der Waals surface area contributed by atoms with Crippen molar-refractivity contribution >= 4 is 17.5 Å². The molecule has 0 radical (unpaired) electrons. The van der Waals surface area contributed by atoms with Gasteiger partial charge in [0.15, 0.2) is 11.5 Å². The van der Waals surface area contributed by atoms with Crippen molar-refractivity contribution < 1.29 is 23.8 Å². The molecule has 27 heavy (non-hydrogen) atoms. The van der Waals surface area contributed by atoms with Crippen LogP contribution in [0.5, 0.6) is 11.5 Å². The van der Waals surface area contributed by atoms with Gasteiger partial charge in [0.05, 0.1) is 13.2 Å². The summed E-state index contributed by atoms with van der Waals surface area (Å²) in [4.78, 5) is 30.9. The quantitative estimate of drug-likeness (QED) is 0.883. The number of hydrogen-bond acceptors (Lipinski definition) is 6. The van der Waals surface area contributed by atoms with Gasteiger partial charge in [-0.3, -0.25) is 14.6 Å². The number of nitrogens with one attached hydrogen (secondary N) is 1. The predicted octanol–water partition coefficient (Wildman–Crippen LogP) is 1.58. The van der Waals surface area contributed by atoms with E-state index in [1.807, 2.05) is 0 Å². The number of anilines is 1. The van der Waals surface area contributed by atoms with Crippen molar-refractivity contribution in [1.82, 2.24) is 9.88 Å². The fraction of sp³-hybridized carbons (Fsp3) is 0.316. The number of carbonyl (C=O) groups is 2. The van der Waals surface area contributed by atoms with Gasteiger partial charge in [0.2, 0.25) is 0 Å². The normalized spacial score (nSPS) is 15.9. The van der Waals surface area contributed by atoms with E-state index >= 15 is 0 Å². The number of hydrogen-bond donors (Lipinski definition) is 1. The summed E-state index contributed by atoms with van der Waals surface area (Å²) in [6.45, 7) is 3.05. The summed E-state index contributed by atoms with van der Waals surface area (Å²) in [5, 5.41) is 2.81. The third-order valence-electron chi connectivity index (χ3n) is 4.34. The number of pyridine rings is 1. The zero-order valence-electron chi connectivity index (χ0n) is 14.6. The van der Waals surface area contributed by atoms with Crippen LogP contribution in [0.1, 0.15) is 20.8 Å². The molecule has 0 atom stereocenters. The van der Waals surface area contributed by atoms with Gasteiger partial charge in [-0.15, -0.1) is 0 Å². The van der Waals surface area contributed by atoms with Crippen LogP contribution in [0.25, 0.3) is 0 Å².